The Balaban J connectivity index is 2.46. The smallest absolute Gasteiger partial charge is 0.333 e. The highest BCUT2D eigenvalue weighted by Crippen LogP contribution is 2.50. The van der Waals surface area contributed by atoms with E-state index in [0.29, 0.717) is 24.4 Å². The zero-order valence-corrected chi connectivity index (χ0v) is 21.5. The minimum absolute atomic E-state index is 0.221. The second kappa shape index (κ2) is 9.29. The summed E-state index contributed by atoms with van der Waals surface area (Å²) in [6, 6.07) is 2.05. The van der Waals surface area contributed by atoms with Gasteiger partial charge in [-0.1, -0.05) is 47.6 Å². The number of benzene rings is 1. The molecule has 1 heterocycles. The van der Waals surface area contributed by atoms with Crippen LogP contribution in [0.2, 0.25) is 0 Å². The minimum Gasteiger partial charge on any atom is -0.487 e. The highest BCUT2D eigenvalue weighted by Gasteiger charge is 2.41. The van der Waals surface area contributed by atoms with Crippen molar-refractivity contribution in [2.24, 2.45) is 0 Å². The number of esters is 2. The van der Waals surface area contributed by atoms with Gasteiger partial charge in [0.25, 0.3) is 0 Å². The van der Waals surface area contributed by atoms with Crippen molar-refractivity contribution < 1.29 is 23.8 Å². The van der Waals surface area contributed by atoms with Gasteiger partial charge in [0.1, 0.15) is 17.1 Å². The maximum atomic E-state index is 12.0. The van der Waals surface area contributed by atoms with Gasteiger partial charge >= 0.3 is 11.9 Å². The summed E-state index contributed by atoms with van der Waals surface area (Å²) in [5.74, 6) is 0.942. The average Bonchev–Trinajstić information content (AvgIpc) is 2.94. The summed E-state index contributed by atoms with van der Waals surface area (Å²) in [6.07, 6.45) is 4.11. The molecule has 0 bridgehead atoms. The Hall–Kier alpha value is -2.30. The van der Waals surface area contributed by atoms with Crippen molar-refractivity contribution in [2.75, 3.05) is 6.61 Å². The van der Waals surface area contributed by atoms with Crippen LogP contribution in [-0.4, -0.2) is 24.1 Å². The lowest BCUT2D eigenvalue weighted by atomic mass is 9.75. The lowest BCUT2D eigenvalue weighted by molar-refractivity contribution is -0.138. The summed E-state index contributed by atoms with van der Waals surface area (Å²) in [5, 5.41) is 0. The second-order valence-corrected chi connectivity index (χ2v) is 11.1. The first kappa shape index (κ1) is 26.0. The Morgan fingerprint density at radius 2 is 1.75 bits per heavy atom. The van der Waals surface area contributed by atoms with Crippen LogP contribution in [-0.2, 0) is 31.6 Å². The molecule has 32 heavy (non-hydrogen) atoms. The van der Waals surface area contributed by atoms with Gasteiger partial charge in [-0.15, -0.1) is 0 Å². The molecular formula is C27H40O5. The van der Waals surface area contributed by atoms with Crippen LogP contribution in [0, 0.1) is 0 Å². The number of hydrogen-bond donors (Lipinski definition) is 0. The van der Waals surface area contributed by atoms with Crippen LogP contribution in [0.15, 0.2) is 17.7 Å². The van der Waals surface area contributed by atoms with E-state index in [1.807, 2.05) is 12.1 Å². The molecular weight excluding hydrogens is 404 g/mol. The molecule has 0 fully saturated rings. The fourth-order valence-corrected chi connectivity index (χ4v) is 4.28. The van der Waals surface area contributed by atoms with Gasteiger partial charge in [0.05, 0.1) is 6.61 Å². The fourth-order valence-electron chi connectivity index (χ4n) is 4.28. The summed E-state index contributed by atoms with van der Waals surface area (Å²) >= 11 is 0. The third-order valence-corrected chi connectivity index (χ3v) is 5.78. The molecule has 0 N–H and O–H groups in total. The van der Waals surface area contributed by atoms with Crippen LogP contribution in [0.1, 0.15) is 98.8 Å². The number of ether oxygens (including phenoxy) is 3. The number of allylic oxidation sites excluding steroid dienone is 1. The van der Waals surface area contributed by atoms with Crippen LogP contribution >= 0.6 is 0 Å². The monoisotopic (exact) mass is 444 g/mol. The lowest BCUT2D eigenvalue weighted by Crippen LogP contribution is -2.30. The molecule has 0 saturated carbocycles. The van der Waals surface area contributed by atoms with E-state index in [4.69, 9.17) is 14.2 Å². The van der Waals surface area contributed by atoms with Crippen molar-refractivity contribution in [1.82, 2.24) is 0 Å². The van der Waals surface area contributed by atoms with Gasteiger partial charge in [0.2, 0.25) is 0 Å². The number of fused-ring (bicyclic) bond motifs is 1. The Labute approximate surface area is 193 Å². The largest absolute Gasteiger partial charge is 0.487 e. The zero-order chi connectivity index (χ0) is 24.5. The van der Waals surface area contributed by atoms with Gasteiger partial charge in [-0.3, -0.25) is 4.79 Å². The van der Waals surface area contributed by atoms with Crippen LogP contribution in [0.3, 0.4) is 0 Å². The summed E-state index contributed by atoms with van der Waals surface area (Å²) in [6.45, 7) is 20.3. The first-order valence-corrected chi connectivity index (χ1v) is 11.5. The Kier molecular flexibility index (Phi) is 7.53. The molecule has 1 aromatic carbocycles. The van der Waals surface area contributed by atoms with Gasteiger partial charge in [-0.2, -0.15) is 0 Å². The Morgan fingerprint density at radius 3 is 2.25 bits per heavy atom. The summed E-state index contributed by atoms with van der Waals surface area (Å²) in [4.78, 5) is 23.9. The maximum absolute atomic E-state index is 12.0. The average molecular weight is 445 g/mol. The molecule has 1 aliphatic heterocycles. The number of hydrogen-bond acceptors (Lipinski definition) is 5. The highest BCUT2D eigenvalue weighted by atomic mass is 16.5. The van der Waals surface area contributed by atoms with Crippen molar-refractivity contribution in [2.45, 2.75) is 105 Å². The molecule has 0 aliphatic carbocycles. The van der Waals surface area contributed by atoms with E-state index >= 15 is 0 Å². The maximum Gasteiger partial charge on any atom is 0.333 e. The topological polar surface area (TPSA) is 61.8 Å². The van der Waals surface area contributed by atoms with Crippen LogP contribution in [0.5, 0.6) is 11.5 Å². The van der Waals surface area contributed by atoms with Gasteiger partial charge in [-0.25, -0.2) is 4.79 Å². The Bertz CT molecular complexity index is 911. The fraction of sp³-hybridized carbons (Fsp3) is 0.630. The molecule has 2 rings (SSSR count). The first-order valence-electron chi connectivity index (χ1n) is 11.5. The predicted octanol–water partition coefficient (Wildman–Crippen LogP) is 6.19. The normalized spacial score (nSPS) is 18.8. The molecule has 1 aliphatic rings. The third-order valence-electron chi connectivity index (χ3n) is 5.78. The molecule has 1 aromatic rings. The van der Waals surface area contributed by atoms with Gasteiger partial charge in [0, 0.05) is 35.6 Å². The molecule has 178 valence electrons. The zero-order valence-electron chi connectivity index (χ0n) is 21.5. The first-order chi connectivity index (χ1) is 14.6. The van der Waals surface area contributed by atoms with Crippen LogP contribution in [0.4, 0.5) is 0 Å². The standard InChI is InChI=1S/C27H40O5/c1-11-30-24(29)17(2)13-12-14-27(10)16-19-21(32-27)15-20(25(4,5)6)23(31-18(3)28)22(19)26(7,8)9/h13,15H,11-12,14,16H2,1-10H3/b17-13+. The number of carbonyl (C=O) groups excluding carboxylic acids is 2. The molecule has 1 unspecified atom stereocenters. The molecule has 1 atom stereocenters. The summed E-state index contributed by atoms with van der Waals surface area (Å²) in [5.41, 5.74) is 2.88. The minimum atomic E-state index is -0.405. The van der Waals surface area contributed by atoms with Gasteiger partial charge in [-0.05, 0) is 50.5 Å². The van der Waals surface area contributed by atoms with Gasteiger partial charge < -0.3 is 14.2 Å². The van der Waals surface area contributed by atoms with Crippen molar-refractivity contribution in [3.8, 4) is 11.5 Å². The quantitative estimate of drug-likeness (QED) is 0.297. The molecule has 0 saturated heterocycles. The molecule has 0 aromatic heterocycles. The van der Waals surface area contributed by atoms with Gasteiger partial charge in [0.15, 0.2) is 0 Å². The van der Waals surface area contributed by atoms with E-state index in [0.717, 1.165) is 35.3 Å². The van der Waals surface area contributed by atoms with E-state index in [2.05, 4.69) is 48.5 Å². The predicted molar refractivity (Wildman–Crippen MR) is 128 cm³/mol. The molecule has 0 amide bonds. The lowest BCUT2D eigenvalue weighted by Gasteiger charge is -2.30. The molecule has 5 heteroatoms. The van der Waals surface area contributed by atoms with Crippen molar-refractivity contribution in [1.29, 1.82) is 0 Å². The second-order valence-electron chi connectivity index (χ2n) is 11.1. The molecule has 0 radical (unpaired) electrons. The highest BCUT2D eigenvalue weighted by molar-refractivity contribution is 5.87. The van der Waals surface area contributed by atoms with E-state index in [1.165, 1.54) is 6.92 Å². The van der Waals surface area contributed by atoms with E-state index in [9.17, 15) is 9.59 Å². The summed E-state index contributed by atoms with van der Waals surface area (Å²) < 4.78 is 17.4. The summed E-state index contributed by atoms with van der Waals surface area (Å²) in [7, 11) is 0. The van der Waals surface area contributed by atoms with Crippen molar-refractivity contribution in [3.63, 3.8) is 0 Å². The van der Waals surface area contributed by atoms with E-state index in [1.54, 1.807) is 13.8 Å². The Morgan fingerprint density at radius 1 is 1.12 bits per heavy atom. The number of rotatable bonds is 6. The van der Waals surface area contributed by atoms with E-state index in [-0.39, 0.29) is 22.8 Å². The van der Waals surface area contributed by atoms with Crippen molar-refractivity contribution >= 4 is 11.9 Å². The van der Waals surface area contributed by atoms with Crippen molar-refractivity contribution in [3.05, 3.63) is 34.4 Å². The van der Waals surface area contributed by atoms with Crippen LogP contribution in [0.25, 0.3) is 0 Å². The van der Waals surface area contributed by atoms with E-state index < -0.39 is 5.60 Å². The molecule has 5 nitrogen and oxygen atoms in total. The van der Waals surface area contributed by atoms with Crippen LogP contribution < -0.4 is 9.47 Å². The third kappa shape index (κ3) is 5.93. The SMILES string of the molecule is CCOC(=O)/C(C)=C/CCC1(C)Cc2c(cc(C(C)(C)C)c(OC(C)=O)c2C(C)(C)C)O1. The molecule has 0 spiro atoms. The number of carbonyl (C=O) groups is 2.